The Balaban J connectivity index is 1.25. The van der Waals surface area contributed by atoms with Crippen LogP contribution in [0.25, 0.3) is 16.7 Å². The molecule has 0 radical (unpaired) electrons. The summed E-state index contributed by atoms with van der Waals surface area (Å²) >= 11 is 1.07. The Bertz CT molecular complexity index is 1690. The summed E-state index contributed by atoms with van der Waals surface area (Å²) in [6.07, 6.45) is 4.98. The van der Waals surface area contributed by atoms with Crippen molar-refractivity contribution < 1.29 is 13.2 Å². The molecule has 3 N–H and O–H groups in total. The molecule has 11 nitrogen and oxygen atoms in total. The van der Waals surface area contributed by atoms with E-state index in [1.165, 1.54) is 48.8 Å². The normalized spacial score (nSPS) is 13.9. The summed E-state index contributed by atoms with van der Waals surface area (Å²) in [5.74, 6) is 0.792. The number of likely N-dealkylation sites (tertiary alicyclic amines) is 1. The number of nitrogens with one attached hydrogen (secondary N) is 3. The number of benzene rings is 1. The number of nitrogens with zero attached hydrogens (tertiary/aromatic N) is 4. The van der Waals surface area contributed by atoms with Crippen LogP contribution in [0.1, 0.15) is 30.0 Å². The fourth-order valence-corrected chi connectivity index (χ4v) is 6.89. The van der Waals surface area contributed by atoms with E-state index in [1.807, 2.05) is 16.9 Å². The number of amides is 2. The number of pyridine rings is 1. The van der Waals surface area contributed by atoms with E-state index in [4.69, 9.17) is 0 Å². The number of fused-ring (bicyclic) bond motifs is 1. The first-order chi connectivity index (χ1) is 19.2. The number of sulfonamides is 1. The van der Waals surface area contributed by atoms with Gasteiger partial charge in [0.05, 0.1) is 22.8 Å². The van der Waals surface area contributed by atoms with Crippen LogP contribution >= 0.6 is 11.3 Å². The Labute approximate surface area is 236 Å². The van der Waals surface area contributed by atoms with Gasteiger partial charge in [-0.2, -0.15) is 0 Å². The number of aryl methyl sites for hydroxylation is 2. The van der Waals surface area contributed by atoms with E-state index < -0.39 is 16.1 Å². The van der Waals surface area contributed by atoms with Crippen molar-refractivity contribution in [1.82, 2.24) is 24.2 Å². The van der Waals surface area contributed by atoms with Gasteiger partial charge in [0.2, 0.25) is 0 Å². The van der Waals surface area contributed by atoms with Crippen molar-refractivity contribution in [3.63, 3.8) is 0 Å². The molecule has 2 amide bonds. The molecule has 1 saturated heterocycles. The van der Waals surface area contributed by atoms with Gasteiger partial charge < -0.3 is 15.5 Å². The maximum atomic E-state index is 13.3. The lowest BCUT2D eigenvalue weighted by molar-refractivity contribution is 0.256. The molecule has 0 atom stereocenters. The van der Waals surface area contributed by atoms with Crippen LogP contribution in [0, 0.1) is 13.8 Å². The van der Waals surface area contributed by atoms with Crippen LogP contribution in [-0.2, 0) is 10.0 Å². The van der Waals surface area contributed by atoms with Crippen LogP contribution in [0.15, 0.2) is 57.7 Å². The van der Waals surface area contributed by atoms with Crippen molar-refractivity contribution in [1.29, 1.82) is 0 Å². The minimum absolute atomic E-state index is 0.0488. The largest absolute Gasteiger partial charge is 0.385 e. The van der Waals surface area contributed by atoms with Gasteiger partial charge in [-0.25, -0.2) is 32.5 Å². The molecular formula is C27H31N7O4S2. The molecule has 5 rings (SSSR count). The van der Waals surface area contributed by atoms with Crippen LogP contribution in [0.2, 0.25) is 0 Å². The van der Waals surface area contributed by atoms with Gasteiger partial charge in [0.1, 0.15) is 15.9 Å². The molecule has 1 fully saturated rings. The standard InChI is InChI=1S/C27H31N7O4S2/c1-18-6-11-25(39-18)40(37,38)32-27(36)31-21-8-10-24(29-17-21)34-19(2)30-23-16-20(7-9-22(23)26(34)35)28-12-5-15-33-13-3-4-14-33/h6-11,16-17,28H,3-5,12-15H2,1-2H3,(H2,31,32,36). The minimum Gasteiger partial charge on any atom is -0.385 e. The highest BCUT2D eigenvalue weighted by atomic mass is 32.2. The zero-order valence-electron chi connectivity index (χ0n) is 22.3. The second-order valence-electron chi connectivity index (χ2n) is 9.69. The highest BCUT2D eigenvalue weighted by molar-refractivity contribution is 7.92. The zero-order chi connectivity index (χ0) is 28.3. The number of carbonyl (C=O) groups is 1. The monoisotopic (exact) mass is 581 g/mol. The Morgan fingerprint density at radius 3 is 2.52 bits per heavy atom. The molecule has 40 heavy (non-hydrogen) atoms. The topological polar surface area (TPSA) is 138 Å². The molecule has 210 valence electrons. The summed E-state index contributed by atoms with van der Waals surface area (Å²) in [4.78, 5) is 37.9. The molecule has 1 aromatic carbocycles. The molecule has 0 aliphatic carbocycles. The Morgan fingerprint density at radius 2 is 1.82 bits per heavy atom. The van der Waals surface area contributed by atoms with E-state index >= 15 is 0 Å². The van der Waals surface area contributed by atoms with E-state index in [-0.39, 0.29) is 15.5 Å². The number of rotatable bonds is 9. The minimum atomic E-state index is -3.98. The third kappa shape index (κ3) is 6.32. The Morgan fingerprint density at radius 1 is 1.05 bits per heavy atom. The smallest absolute Gasteiger partial charge is 0.333 e. The van der Waals surface area contributed by atoms with E-state index in [0.29, 0.717) is 22.5 Å². The van der Waals surface area contributed by atoms with Crippen molar-refractivity contribution in [2.45, 2.75) is 37.3 Å². The summed E-state index contributed by atoms with van der Waals surface area (Å²) < 4.78 is 28.2. The second-order valence-corrected chi connectivity index (χ2v) is 12.9. The van der Waals surface area contributed by atoms with Gasteiger partial charge in [0.25, 0.3) is 15.6 Å². The number of aromatic nitrogens is 3. The first-order valence-corrected chi connectivity index (χ1v) is 15.4. The number of thiophene rings is 1. The first kappa shape index (κ1) is 27.7. The lowest BCUT2D eigenvalue weighted by Gasteiger charge is -2.15. The SMILES string of the molecule is Cc1ccc(S(=O)(=O)NC(=O)Nc2ccc(-n3c(C)nc4cc(NCCCN5CCCC5)ccc4c3=O)nc2)s1. The number of urea groups is 1. The van der Waals surface area contributed by atoms with Crippen LogP contribution < -0.4 is 20.9 Å². The van der Waals surface area contributed by atoms with E-state index in [1.54, 1.807) is 32.0 Å². The van der Waals surface area contributed by atoms with E-state index in [2.05, 4.69) is 25.5 Å². The quantitative estimate of drug-likeness (QED) is 0.253. The van der Waals surface area contributed by atoms with Crippen molar-refractivity contribution in [3.05, 3.63) is 69.7 Å². The average Bonchev–Trinajstić information content (AvgIpc) is 3.59. The fraction of sp³-hybridized carbons (Fsp3) is 0.333. The summed E-state index contributed by atoms with van der Waals surface area (Å²) in [5.41, 5.74) is 1.52. The summed E-state index contributed by atoms with van der Waals surface area (Å²) in [6.45, 7) is 7.82. The maximum Gasteiger partial charge on any atom is 0.333 e. The molecule has 0 unspecified atom stereocenters. The average molecular weight is 582 g/mol. The van der Waals surface area contributed by atoms with Gasteiger partial charge in [0.15, 0.2) is 0 Å². The Kier molecular flexibility index (Phi) is 8.14. The summed E-state index contributed by atoms with van der Waals surface area (Å²) in [7, 11) is -3.98. The summed E-state index contributed by atoms with van der Waals surface area (Å²) in [5, 5.41) is 6.35. The molecule has 0 spiro atoms. The molecule has 0 saturated carbocycles. The lowest BCUT2D eigenvalue weighted by atomic mass is 10.2. The van der Waals surface area contributed by atoms with Gasteiger partial charge >= 0.3 is 6.03 Å². The van der Waals surface area contributed by atoms with Gasteiger partial charge in [-0.3, -0.25) is 4.79 Å². The van der Waals surface area contributed by atoms with E-state index in [9.17, 15) is 18.0 Å². The second kappa shape index (κ2) is 11.7. The molecule has 1 aliphatic heterocycles. The third-order valence-corrected chi connectivity index (χ3v) is 9.48. The summed E-state index contributed by atoms with van der Waals surface area (Å²) in [6, 6.07) is 10.8. The number of anilines is 2. The molecule has 0 bridgehead atoms. The van der Waals surface area contributed by atoms with Crippen molar-refractivity contribution in [3.8, 4) is 5.82 Å². The molecule has 3 aromatic heterocycles. The molecule has 4 heterocycles. The maximum absolute atomic E-state index is 13.3. The van der Waals surface area contributed by atoms with Gasteiger partial charge in [-0.05, 0) is 95.2 Å². The van der Waals surface area contributed by atoms with Crippen LogP contribution in [0.3, 0.4) is 0 Å². The van der Waals surface area contributed by atoms with Crippen molar-refractivity contribution in [2.75, 3.05) is 36.8 Å². The highest BCUT2D eigenvalue weighted by Crippen LogP contribution is 2.21. The van der Waals surface area contributed by atoms with Crippen molar-refractivity contribution >= 4 is 49.7 Å². The van der Waals surface area contributed by atoms with Crippen LogP contribution in [0.4, 0.5) is 16.2 Å². The van der Waals surface area contributed by atoms with Crippen molar-refractivity contribution in [2.24, 2.45) is 0 Å². The first-order valence-electron chi connectivity index (χ1n) is 13.1. The van der Waals surface area contributed by atoms with Crippen LogP contribution in [-0.4, -0.2) is 60.1 Å². The molecule has 1 aliphatic rings. The predicted molar refractivity (Wildman–Crippen MR) is 157 cm³/mol. The van der Waals surface area contributed by atoms with Gasteiger partial charge in [-0.1, -0.05) is 0 Å². The zero-order valence-corrected chi connectivity index (χ0v) is 23.9. The van der Waals surface area contributed by atoms with Crippen LogP contribution in [0.5, 0.6) is 0 Å². The number of hydrogen-bond acceptors (Lipinski definition) is 9. The molecule has 4 aromatic rings. The molecular weight excluding hydrogens is 550 g/mol. The number of hydrogen-bond donors (Lipinski definition) is 3. The van der Waals surface area contributed by atoms with E-state index in [0.717, 1.165) is 41.4 Å². The highest BCUT2D eigenvalue weighted by Gasteiger charge is 2.20. The Hall–Kier alpha value is -3.81. The predicted octanol–water partition coefficient (Wildman–Crippen LogP) is 3.87. The number of carbonyl (C=O) groups excluding carboxylic acids is 1. The molecule has 13 heteroatoms. The fourth-order valence-electron chi connectivity index (χ4n) is 4.70. The lowest BCUT2D eigenvalue weighted by Crippen LogP contribution is -2.34. The van der Waals surface area contributed by atoms with Gasteiger partial charge in [0, 0.05) is 17.1 Å². The third-order valence-electron chi connectivity index (χ3n) is 6.66. The van der Waals surface area contributed by atoms with Gasteiger partial charge in [-0.15, -0.1) is 11.3 Å².